The highest BCUT2D eigenvalue weighted by molar-refractivity contribution is 5.97. The van der Waals surface area contributed by atoms with E-state index in [1.54, 1.807) is 36.4 Å². The first kappa shape index (κ1) is 23.0. The molecular weight excluding hydrogens is 410 g/mol. The number of aromatic nitrogens is 1. The van der Waals surface area contributed by atoms with Gasteiger partial charge in [-0.2, -0.15) is 0 Å². The summed E-state index contributed by atoms with van der Waals surface area (Å²) in [5.74, 6) is -0.823. The number of nitrogens with zero attached hydrogens (tertiary/aromatic N) is 1. The number of aromatic hydroxyl groups is 1. The van der Waals surface area contributed by atoms with Crippen LogP contribution >= 0.6 is 0 Å². The predicted molar refractivity (Wildman–Crippen MR) is 118 cm³/mol. The lowest BCUT2D eigenvalue weighted by Gasteiger charge is -2.15. The van der Waals surface area contributed by atoms with Gasteiger partial charge < -0.3 is 20.1 Å². The molecule has 7 nitrogen and oxygen atoms in total. The molecule has 0 radical (unpaired) electrons. The SMILES string of the molecule is CCCc1c(OCc2ccc(C(O)c3cncc(C(=O)O)c3)cc2)ccc(C(C)=O)c1O. The van der Waals surface area contributed by atoms with E-state index in [0.29, 0.717) is 28.9 Å². The van der Waals surface area contributed by atoms with Crippen molar-refractivity contribution < 1.29 is 29.6 Å². The van der Waals surface area contributed by atoms with Crippen LogP contribution < -0.4 is 4.74 Å². The third-order valence-corrected chi connectivity index (χ3v) is 5.13. The average Bonchev–Trinajstić information content (AvgIpc) is 2.79. The molecule has 0 aliphatic carbocycles. The standard InChI is InChI=1S/C25H25NO6/c1-3-4-21-22(10-9-20(15(2)27)24(21)29)32-14-16-5-7-17(8-6-16)23(28)18-11-19(25(30)31)13-26-12-18/h5-13,23,28-29H,3-4,14H2,1-2H3,(H,30,31). The summed E-state index contributed by atoms with van der Waals surface area (Å²) in [4.78, 5) is 26.7. The van der Waals surface area contributed by atoms with E-state index >= 15 is 0 Å². The number of phenolic OH excluding ortho intramolecular Hbond substituents is 1. The minimum atomic E-state index is -1.11. The zero-order valence-electron chi connectivity index (χ0n) is 17.9. The molecule has 0 aliphatic rings. The van der Waals surface area contributed by atoms with Crippen molar-refractivity contribution in [2.75, 3.05) is 0 Å². The Morgan fingerprint density at radius 3 is 2.41 bits per heavy atom. The minimum absolute atomic E-state index is 0.00787. The second-order valence-corrected chi connectivity index (χ2v) is 7.49. The van der Waals surface area contributed by atoms with E-state index in [4.69, 9.17) is 9.84 Å². The molecule has 0 bridgehead atoms. The number of carbonyl (C=O) groups excluding carboxylic acids is 1. The highest BCUT2D eigenvalue weighted by Crippen LogP contribution is 2.33. The number of pyridine rings is 1. The number of ether oxygens (including phenoxy) is 1. The number of hydrogen-bond donors (Lipinski definition) is 3. The monoisotopic (exact) mass is 435 g/mol. The average molecular weight is 435 g/mol. The molecule has 0 spiro atoms. The lowest BCUT2D eigenvalue weighted by molar-refractivity contribution is 0.0696. The number of benzene rings is 2. The van der Waals surface area contributed by atoms with Crippen LogP contribution in [-0.4, -0.2) is 32.1 Å². The number of aliphatic hydroxyl groups is 1. The lowest BCUT2D eigenvalue weighted by Crippen LogP contribution is -2.05. The Morgan fingerprint density at radius 1 is 1.06 bits per heavy atom. The largest absolute Gasteiger partial charge is 0.507 e. The van der Waals surface area contributed by atoms with E-state index in [0.717, 1.165) is 12.0 Å². The summed E-state index contributed by atoms with van der Waals surface area (Å²) in [6, 6.07) is 11.7. The van der Waals surface area contributed by atoms with E-state index in [1.165, 1.54) is 25.4 Å². The third kappa shape index (κ3) is 5.12. The number of aromatic carboxylic acids is 1. The number of carboxylic acids is 1. The van der Waals surface area contributed by atoms with Gasteiger partial charge >= 0.3 is 5.97 Å². The van der Waals surface area contributed by atoms with Crippen LogP contribution in [0.2, 0.25) is 0 Å². The molecule has 3 rings (SSSR count). The molecule has 7 heteroatoms. The molecular formula is C25H25NO6. The summed E-state index contributed by atoms with van der Waals surface area (Å²) in [5.41, 5.74) is 2.72. The smallest absolute Gasteiger partial charge is 0.337 e. The summed E-state index contributed by atoms with van der Waals surface area (Å²) in [6.45, 7) is 3.63. The molecule has 166 valence electrons. The first-order valence-electron chi connectivity index (χ1n) is 10.3. The summed E-state index contributed by atoms with van der Waals surface area (Å²) in [5, 5.41) is 30.1. The van der Waals surface area contributed by atoms with E-state index in [2.05, 4.69) is 4.98 Å². The van der Waals surface area contributed by atoms with Gasteiger partial charge in [-0.05, 0) is 42.7 Å². The molecule has 1 heterocycles. The minimum Gasteiger partial charge on any atom is -0.507 e. The summed E-state index contributed by atoms with van der Waals surface area (Å²) in [7, 11) is 0. The molecule has 3 N–H and O–H groups in total. The zero-order chi connectivity index (χ0) is 23.3. The number of rotatable bonds is 9. The van der Waals surface area contributed by atoms with Crippen molar-refractivity contribution in [3.8, 4) is 11.5 Å². The fraction of sp³-hybridized carbons (Fsp3) is 0.240. The van der Waals surface area contributed by atoms with Gasteiger partial charge in [-0.15, -0.1) is 0 Å². The van der Waals surface area contributed by atoms with Crippen molar-refractivity contribution in [1.82, 2.24) is 4.98 Å². The van der Waals surface area contributed by atoms with Gasteiger partial charge in [0.1, 0.15) is 24.2 Å². The van der Waals surface area contributed by atoms with Gasteiger partial charge in [-0.3, -0.25) is 9.78 Å². The van der Waals surface area contributed by atoms with Crippen LogP contribution in [0.1, 0.15) is 69.3 Å². The van der Waals surface area contributed by atoms with E-state index < -0.39 is 12.1 Å². The second-order valence-electron chi connectivity index (χ2n) is 7.49. The van der Waals surface area contributed by atoms with Crippen molar-refractivity contribution in [1.29, 1.82) is 0 Å². The first-order valence-corrected chi connectivity index (χ1v) is 10.3. The topological polar surface area (TPSA) is 117 Å². The van der Waals surface area contributed by atoms with Crippen molar-refractivity contribution in [2.45, 2.75) is 39.4 Å². The van der Waals surface area contributed by atoms with Crippen molar-refractivity contribution in [3.63, 3.8) is 0 Å². The van der Waals surface area contributed by atoms with E-state index in [1.807, 2.05) is 6.92 Å². The zero-order valence-corrected chi connectivity index (χ0v) is 17.9. The number of phenols is 1. The van der Waals surface area contributed by atoms with Crippen LogP contribution in [0.15, 0.2) is 54.9 Å². The third-order valence-electron chi connectivity index (χ3n) is 5.13. The number of carboxylic acid groups (broad SMARTS) is 1. The van der Waals surface area contributed by atoms with Crippen LogP contribution in [0.5, 0.6) is 11.5 Å². The maximum atomic E-state index is 11.7. The van der Waals surface area contributed by atoms with Crippen LogP contribution in [0.4, 0.5) is 0 Å². The lowest BCUT2D eigenvalue weighted by atomic mass is 10.0. The van der Waals surface area contributed by atoms with Gasteiger partial charge in [0.25, 0.3) is 0 Å². The Hall–Kier alpha value is -3.71. The Morgan fingerprint density at radius 2 is 1.78 bits per heavy atom. The van der Waals surface area contributed by atoms with Gasteiger partial charge in [-0.25, -0.2) is 4.79 Å². The normalized spacial score (nSPS) is 11.7. The van der Waals surface area contributed by atoms with Gasteiger partial charge in [0.2, 0.25) is 0 Å². The number of Topliss-reactive ketones (excluding diaryl/α,β-unsaturated/α-hetero) is 1. The summed E-state index contributed by atoms with van der Waals surface area (Å²) < 4.78 is 5.91. The fourth-order valence-electron chi connectivity index (χ4n) is 3.40. The van der Waals surface area contributed by atoms with Gasteiger partial charge in [0, 0.05) is 23.5 Å². The number of carbonyl (C=O) groups is 2. The van der Waals surface area contributed by atoms with Crippen molar-refractivity contribution >= 4 is 11.8 Å². The molecule has 0 aliphatic heterocycles. The van der Waals surface area contributed by atoms with E-state index in [-0.39, 0.29) is 29.3 Å². The predicted octanol–water partition coefficient (Wildman–Crippen LogP) is 4.30. The Bertz CT molecular complexity index is 1120. The molecule has 1 atom stereocenters. The fourth-order valence-corrected chi connectivity index (χ4v) is 3.40. The Balaban J connectivity index is 1.74. The molecule has 0 fully saturated rings. The Labute approximate surface area is 186 Å². The molecule has 1 unspecified atom stereocenters. The highest BCUT2D eigenvalue weighted by Gasteiger charge is 2.17. The van der Waals surface area contributed by atoms with Crippen LogP contribution in [0.3, 0.4) is 0 Å². The molecule has 3 aromatic rings. The highest BCUT2D eigenvalue weighted by atomic mass is 16.5. The van der Waals surface area contributed by atoms with Crippen LogP contribution in [-0.2, 0) is 13.0 Å². The Kier molecular flexibility index (Phi) is 7.22. The summed E-state index contributed by atoms with van der Waals surface area (Å²) >= 11 is 0. The molecule has 0 saturated carbocycles. The van der Waals surface area contributed by atoms with Crippen LogP contribution in [0.25, 0.3) is 0 Å². The van der Waals surface area contributed by atoms with Crippen molar-refractivity contribution in [3.05, 3.63) is 88.2 Å². The van der Waals surface area contributed by atoms with Gasteiger partial charge in [-0.1, -0.05) is 37.6 Å². The maximum Gasteiger partial charge on any atom is 0.337 e. The molecule has 2 aromatic carbocycles. The molecule has 1 aromatic heterocycles. The molecule has 0 saturated heterocycles. The van der Waals surface area contributed by atoms with Crippen LogP contribution in [0, 0.1) is 0 Å². The number of aliphatic hydroxyl groups excluding tert-OH is 1. The number of hydrogen-bond acceptors (Lipinski definition) is 6. The number of ketones is 1. The van der Waals surface area contributed by atoms with Crippen molar-refractivity contribution in [2.24, 2.45) is 0 Å². The molecule has 32 heavy (non-hydrogen) atoms. The van der Waals surface area contributed by atoms with E-state index in [9.17, 15) is 19.8 Å². The van der Waals surface area contributed by atoms with Gasteiger partial charge in [0.15, 0.2) is 5.78 Å². The first-order chi connectivity index (χ1) is 15.3. The summed E-state index contributed by atoms with van der Waals surface area (Å²) in [6.07, 6.45) is 3.02. The second kappa shape index (κ2) is 10.1. The van der Waals surface area contributed by atoms with Gasteiger partial charge in [0.05, 0.1) is 11.1 Å². The maximum absolute atomic E-state index is 11.7. The molecule has 0 amide bonds. The quantitative estimate of drug-likeness (QED) is 0.429.